The SMILES string of the molecule is CSc1cccc(NC(=O)[C@@H]2CCCN(S(=O)(=O)c3c(C)noc3/C=C/c3ccccc3F)C2)c1. The Bertz CT molecular complexity index is 1350. The summed E-state index contributed by atoms with van der Waals surface area (Å²) in [4.78, 5) is 13.9. The molecule has 0 spiro atoms. The number of nitrogens with zero attached hydrogens (tertiary/aromatic N) is 2. The largest absolute Gasteiger partial charge is 0.355 e. The van der Waals surface area contributed by atoms with E-state index in [0.29, 0.717) is 24.1 Å². The van der Waals surface area contributed by atoms with Crippen LogP contribution in [0.3, 0.4) is 0 Å². The molecule has 1 atom stereocenters. The molecule has 1 saturated heterocycles. The molecule has 0 aliphatic carbocycles. The maximum absolute atomic E-state index is 14.0. The van der Waals surface area contributed by atoms with Gasteiger partial charge in [0.15, 0.2) is 10.7 Å². The standard InChI is InChI=1S/C25H26FN3O4S2/c1-17-24(23(33-28-17)13-12-18-7-3-4-11-22(18)26)35(31,32)29-14-6-8-19(16-29)25(30)27-20-9-5-10-21(15-20)34-2/h3-5,7,9-13,15,19H,6,8,14,16H2,1-2H3,(H,27,30)/b13-12+/t19-/m1/s1. The van der Waals surface area contributed by atoms with Crippen molar-refractivity contribution in [3.63, 3.8) is 0 Å². The van der Waals surface area contributed by atoms with Crippen LogP contribution < -0.4 is 5.32 Å². The van der Waals surface area contributed by atoms with Gasteiger partial charge in [0, 0.05) is 29.2 Å². The molecule has 3 aromatic rings. The van der Waals surface area contributed by atoms with Gasteiger partial charge in [-0.2, -0.15) is 4.31 Å². The highest BCUT2D eigenvalue weighted by Gasteiger charge is 2.37. The molecule has 7 nitrogen and oxygen atoms in total. The van der Waals surface area contributed by atoms with Gasteiger partial charge in [0.1, 0.15) is 11.5 Å². The first-order valence-electron chi connectivity index (χ1n) is 11.1. The molecule has 0 unspecified atom stereocenters. The third kappa shape index (κ3) is 5.66. The van der Waals surface area contributed by atoms with Crippen molar-refractivity contribution in [1.82, 2.24) is 9.46 Å². The Labute approximate surface area is 208 Å². The van der Waals surface area contributed by atoms with E-state index < -0.39 is 21.8 Å². The average Bonchev–Trinajstić information content (AvgIpc) is 3.24. The molecule has 1 aliphatic heterocycles. The van der Waals surface area contributed by atoms with Crippen molar-refractivity contribution < 1.29 is 22.1 Å². The number of carbonyl (C=O) groups excluding carboxylic acids is 1. The highest BCUT2D eigenvalue weighted by Crippen LogP contribution is 2.30. The molecule has 35 heavy (non-hydrogen) atoms. The van der Waals surface area contributed by atoms with E-state index in [1.165, 1.54) is 22.5 Å². The predicted molar refractivity (Wildman–Crippen MR) is 135 cm³/mol. The van der Waals surface area contributed by atoms with Crippen molar-refractivity contribution in [1.29, 1.82) is 0 Å². The lowest BCUT2D eigenvalue weighted by molar-refractivity contribution is -0.120. The summed E-state index contributed by atoms with van der Waals surface area (Å²) in [7, 11) is -4.00. The third-order valence-electron chi connectivity index (χ3n) is 5.84. The maximum Gasteiger partial charge on any atom is 0.248 e. The molecule has 0 bridgehead atoms. The van der Waals surface area contributed by atoms with Crippen molar-refractivity contribution in [3.05, 3.63) is 71.4 Å². The van der Waals surface area contributed by atoms with E-state index >= 15 is 0 Å². The van der Waals surface area contributed by atoms with E-state index in [1.54, 1.807) is 36.9 Å². The Morgan fingerprint density at radius 1 is 1.23 bits per heavy atom. The van der Waals surface area contributed by atoms with Crippen LogP contribution in [0.15, 0.2) is 62.8 Å². The molecule has 4 rings (SSSR count). The quantitative estimate of drug-likeness (QED) is 0.443. The fourth-order valence-corrected chi connectivity index (χ4v) is 6.26. The summed E-state index contributed by atoms with van der Waals surface area (Å²) < 4.78 is 47.7. The van der Waals surface area contributed by atoms with Gasteiger partial charge in [0.05, 0.1) is 5.92 Å². The topological polar surface area (TPSA) is 92.5 Å². The van der Waals surface area contributed by atoms with E-state index in [1.807, 2.05) is 30.5 Å². The van der Waals surface area contributed by atoms with E-state index in [9.17, 15) is 17.6 Å². The number of nitrogens with one attached hydrogen (secondary N) is 1. The summed E-state index contributed by atoms with van der Waals surface area (Å²) in [6.45, 7) is 1.89. The van der Waals surface area contributed by atoms with Crippen molar-refractivity contribution in [2.75, 3.05) is 24.7 Å². The predicted octanol–water partition coefficient (Wildman–Crippen LogP) is 5.05. The van der Waals surface area contributed by atoms with Crippen LogP contribution in [0.25, 0.3) is 12.2 Å². The number of aromatic nitrogens is 1. The monoisotopic (exact) mass is 515 g/mol. The number of carbonyl (C=O) groups is 1. The highest BCUT2D eigenvalue weighted by molar-refractivity contribution is 7.98. The number of rotatable bonds is 7. The normalized spacial score (nSPS) is 17.1. The summed E-state index contributed by atoms with van der Waals surface area (Å²) in [5, 5.41) is 6.74. The molecule has 1 fully saturated rings. The molecule has 1 aliphatic rings. The Hall–Kier alpha value is -2.95. The second-order valence-corrected chi connectivity index (χ2v) is 11.0. The lowest BCUT2D eigenvalue weighted by Crippen LogP contribution is -2.43. The van der Waals surface area contributed by atoms with Crippen LogP contribution >= 0.6 is 11.8 Å². The molecule has 10 heteroatoms. The minimum absolute atomic E-state index is 0.0196. The van der Waals surface area contributed by atoms with E-state index in [2.05, 4.69) is 10.5 Å². The molecule has 0 saturated carbocycles. The second-order valence-electron chi connectivity index (χ2n) is 8.24. The number of benzene rings is 2. The summed E-state index contributed by atoms with van der Waals surface area (Å²) in [6, 6.07) is 13.7. The van der Waals surface area contributed by atoms with Crippen molar-refractivity contribution in [2.24, 2.45) is 5.92 Å². The maximum atomic E-state index is 14.0. The molecule has 2 heterocycles. The number of anilines is 1. The number of halogens is 1. The average molecular weight is 516 g/mol. The van der Waals surface area contributed by atoms with Crippen LogP contribution in [0.5, 0.6) is 0 Å². The lowest BCUT2D eigenvalue weighted by atomic mass is 9.99. The number of sulfonamides is 1. The molecule has 184 valence electrons. The van der Waals surface area contributed by atoms with Gasteiger partial charge in [0.2, 0.25) is 15.9 Å². The summed E-state index contributed by atoms with van der Waals surface area (Å²) in [6.07, 6.45) is 5.94. The van der Waals surface area contributed by atoms with E-state index in [-0.39, 0.29) is 35.3 Å². The van der Waals surface area contributed by atoms with Crippen LogP contribution in [0, 0.1) is 18.7 Å². The molecule has 0 radical (unpaired) electrons. The fraction of sp³-hybridized carbons (Fsp3) is 0.280. The van der Waals surface area contributed by atoms with Crippen LogP contribution in [0.4, 0.5) is 10.1 Å². The Kier molecular flexibility index (Phi) is 7.73. The first-order valence-corrected chi connectivity index (χ1v) is 13.8. The number of piperidine rings is 1. The smallest absolute Gasteiger partial charge is 0.248 e. The van der Waals surface area contributed by atoms with Crippen LogP contribution in [0.1, 0.15) is 29.9 Å². The van der Waals surface area contributed by atoms with Gasteiger partial charge in [-0.25, -0.2) is 12.8 Å². The first-order chi connectivity index (χ1) is 16.8. The first kappa shape index (κ1) is 25.2. The number of hydrogen-bond donors (Lipinski definition) is 1. The van der Waals surface area contributed by atoms with Crippen molar-refractivity contribution in [3.8, 4) is 0 Å². The number of hydrogen-bond acceptors (Lipinski definition) is 6. The highest BCUT2D eigenvalue weighted by atomic mass is 32.2. The summed E-state index contributed by atoms with van der Waals surface area (Å²) >= 11 is 1.57. The van der Waals surface area contributed by atoms with Crippen LogP contribution in [-0.2, 0) is 14.8 Å². The number of thioether (sulfide) groups is 1. The Morgan fingerprint density at radius 3 is 2.80 bits per heavy atom. The summed E-state index contributed by atoms with van der Waals surface area (Å²) in [5.41, 5.74) is 1.18. The van der Waals surface area contributed by atoms with Crippen LogP contribution in [-0.4, -0.2) is 43.1 Å². The van der Waals surface area contributed by atoms with Gasteiger partial charge in [-0.05, 0) is 62.4 Å². The zero-order valence-electron chi connectivity index (χ0n) is 19.4. The minimum Gasteiger partial charge on any atom is -0.355 e. The van der Waals surface area contributed by atoms with Crippen molar-refractivity contribution in [2.45, 2.75) is 29.6 Å². The lowest BCUT2D eigenvalue weighted by Gasteiger charge is -2.31. The molecular weight excluding hydrogens is 489 g/mol. The molecule has 1 N–H and O–H groups in total. The van der Waals surface area contributed by atoms with Crippen molar-refractivity contribution >= 4 is 45.5 Å². The van der Waals surface area contributed by atoms with Gasteiger partial charge in [-0.3, -0.25) is 4.79 Å². The molecule has 2 aromatic carbocycles. The minimum atomic E-state index is -4.00. The zero-order valence-corrected chi connectivity index (χ0v) is 21.0. The van der Waals surface area contributed by atoms with Gasteiger partial charge in [0.25, 0.3) is 0 Å². The molecule has 1 amide bonds. The zero-order chi connectivity index (χ0) is 25.0. The van der Waals surface area contributed by atoms with E-state index in [0.717, 1.165) is 4.90 Å². The Morgan fingerprint density at radius 2 is 2.03 bits per heavy atom. The second kappa shape index (κ2) is 10.8. The van der Waals surface area contributed by atoms with E-state index in [4.69, 9.17) is 4.52 Å². The fourth-order valence-electron chi connectivity index (χ4n) is 4.02. The van der Waals surface area contributed by atoms with Gasteiger partial charge in [-0.15, -0.1) is 11.8 Å². The van der Waals surface area contributed by atoms with Gasteiger partial charge < -0.3 is 9.84 Å². The molecule has 1 aromatic heterocycles. The number of amides is 1. The summed E-state index contributed by atoms with van der Waals surface area (Å²) in [5.74, 6) is -1.12. The van der Waals surface area contributed by atoms with Gasteiger partial charge >= 0.3 is 0 Å². The molecular formula is C25H26FN3O4S2. The number of aryl methyl sites for hydroxylation is 1. The van der Waals surface area contributed by atoms with Crippen LogP contribution in [0.2, 0.25) is 0 Å². The third-order valence-corrected chi connectivity index (χ3v) is 8.59. The van der Waals surface area contributed by atoms with Gasteiger partial charge in [-0.1, -0.05) is 29.4 Å². The Balaban J connectivity index is 1.53.